The van der Waals surface area contributed by atoms with Crippen LogP contribution in [-0.4, -0.2) is 47.1 Å². The van der Waals surface area contributed by atoms with Crippen molar-refractivity contribution in [3.8, 4) is 17.2 Å². The molecule has 1 aliphatic heterocycles. The molecule has 1 aliphatic rings. The summed E-state index contributed by atoms with van der Waals surface area (Å²) in [6, 6.07) is 10.0. The molecule has 0 bridgehead atoms. The van der Waals surface area contributed by atoms with Crippen molar-refractivity contribution in [1.82, 2.24) is 4.31 Å². The summed E-state index contributed by atoms with van der Waals surface area (Å²) in [7, 11) is 1.07. The Labute approximate surface area is 170 Å². The van der Waals surface area contributed by atoms with Gasteiger partial charge in [-0.1, -0.05) is 29.8 Å². The first-order chi connectivity index (χ1) is 13.4. The molecule has 0 spiro atoms. The standard InChI is InChI=1S/C20H22ClNO5S/c1-25-15-12-17(26-2)20(18(13-15)27-3)14-8-10-22(11-9-14)28(23,24)19-7-5-4-6-16(19)21/h4-8,12-13H,9-11H2,1-3H3. The van der Waals surface area contributed by atoms with Crippen LogP contribution in [0, 0.1) is 0 Å². The zero-order chi connectivity index (χ0) is 20.3. The van der Waals surface area contributed by atoms with E-state index in [1.54, 1.807) is 51.7 Å². The fraction of sp³-hybridized carbons (Fsp3) is 0.300. The van der Waals surface area contributed by atoms with Crippen molar-refractivity contribution >= 4 is 27.2 Å². The Kier molecular flexibility index (Phi) is 6.17. The highest BCUT2D eigenvalue weighted by atomic mass is 35.5. The number of ether oxygens (including phenoxy) is 3. The minimum absolute atomic E-state index is 0.119. The second kappa shape index (κ2) is 8.43. The maximum Gasteiger partial charge on any atom is 0.244 e. The lowest BCUT2D eigenvalue weighted by atomic mass is 9.98. The fourth-order valence-electron chi connectivity index (χ4n) is 3.21. The Balaban J connectivity index is 1.94. The molecule has 0 N–H and O–H groups in total. The molecule has 1 heterocycles. The van der Waals surface area contributed by atoms with Gasteiger partial charge in [-0.25, -0.2) is 8.42 Å². The third-order valence-electron chi connectivity index (χ3n) is 4.66. The summed E-state index contributed by atoms with van der Waals surface area (Å²) in [5.74, 6) is 1.85. The second-order valence-electron chi connectivity index (χ2n) is 6.18. The first-order valence-electron chi connectivity index (χ1n) is 8.66. The van der Waals surface area contributed by atoms with Gasteiger partial charge in [0.1, 0.15) is 22.1 Å². The number of methoxy groups -OCH3 is 3. The molecule has 0 radical (unpaired) electrons. The molecule has 0 fully saturated rings. The molecule has 2 aromatic carbocycles. The fourth-order valence-corrected chi connectivity index (χ4v) is 5.08. The van der Waals surface area contributed by atoms with Crippen molar-refractivity contribution in [2.45, 2.75) is 11.3 Å². The predicted octanol–water partition coefficient (Wildman–Crippen LogP) is 3.84. The van der Waals surface area contributed by atoms with Gasteiger partial charge in [0.05, 0.1) is 31.9 Å². The molecular formula is C20H22ClNO5S. The van der Waals surface area contributed by atoms with Crippen LogP contribution in [0.2, 0.25) is 5.02 Å². The minimum Gasteiger partial charge on any atom is -0.496 e. The third kappa shape index (κ3) is 3.83. The maximum atomic E-state index is 12.9. The van der Waals surface area contributed by atoms with E-state index in [2.05, 4.69) is 0 Å². The lowest BCUT2D eigenvalue weighted by Crippen LogP contribution is -2.34. The molecule has 150 valence electrons. The van der Waals surface area contributed by atoms with Gasteiger partial charge in [-0.15, -0.1) is 0 Å². The van der Waals surface area contributed by atoms with Crippen molar-refractivity contribution in [2.24, 2.45) is 0 Å². The van der Waals surface area contributed by atoms with Gasteiger partial charge in [-0.2, -0.15) is 4.31 Å². The number of sulfonamides is 1. The summed E-state index contributed by atoms with van der Waals surface area (Å²) in [6.07, 6.45) is 2.40. The van der Waals surface area contributed by atoms with Crippen molar-refractivity contribution < 1.29 is 22.6 Å². The molecule has 6 nitrogen and oxygen atoms in total. The van der Waals surface area contributed by atoms with E-state index in [1.807, 2.05) is 6.08 Å². The van der Waals surface area contributed by atoms with E-state index in [-0.39, 0.29) is 16.5 Å². The van der Waals surface area contributed by atoms with Gasteiger partial charge in [0.2, 0.25) is 10.0 Å². The lowest BCUT2D eigenvalue weighted by molar-refractivity contribution is 0.372. The van der Waals surface area contributed by atoms with E-state index < -0.39 is 10.0 Å². The summed E-state index contributed by atoms with van der Waals surface area (Å²) >= 11 is 6.09. The number of halogens is 1. The van der Waals surface area contributed by atoms with E-state index in [0.717, 1.165) is 11.1 Å². The van der Waals surface area contributed by atoms with Crippen LogP contribution in [0.5, 0.6) is 17.2 Å². The monoisotopic (exact) mass is 423 g/mol. The normalized spacial score (nSPS) is 15.1. The van der Waals surface area contributed by atoms with Crippen LogP contribution in [0.1, 0.15) is 12.0 Å². The van der Waals surface area contributed by atoms with Gasteiger partial charge in [-0.3, -0.25) is 0 Å². The predicted molar refractivity (Wildman–Crippen MR) is 109 cm³/mol. The molecule has 8 heteroatoms. The van der Waals surface area contributed by atoms with Crippen molar-refractivity contribution in [3.63, 3.8) is 0 Å². The number of hydrogen-bond acceptors (Lipinski definition) is 5. The number of benzene rings is 2. The van der Waals surface area contributed by atoms with E-state index in [9.17, 15) is 8.42 Å². The Morgan fingerprint density at radius 3 is 2.14 bits per heavy atom. The van der Waals surface area contributed by atoms with Gasteiger partial charge in [-0.05, 0) is 24.1 Å². The number of nitrogens with zero attached hydrogens (tertiary/aromatic N) is 1. The van der Waals surface area contributed by atoms with Crippen molar-refractivity contribution in [3.05, 3.63) is 53.1 Å². The van der Waals surface area contributed by atoms with Crippen LogP contribution in [0.4, 0.5) is 0 Å². The third-order valence-corrected chi connectivity index (χ3v) is 7.03. The SMILES string of the molecule is COc1cc(OC)c(C2=CCN(S(=O)(=O)c3ccccc3Cl)CC2)c(OC)c1. The van der Waals surface area contributed by atoms with Gasteiger partial charge in [0.25, 0.3) is 0 Å². The zero-order valence-corrected chi connectivity index (χ0v) is 17.5. The van der Waals surface area contributed by atoms with Gasteiger partial charge >= 0.3 is 0 Å². The van der Waals surface area contributed by atoms with Crippen molar-refractivity contribution in [2.75, 3.05) is 34.4 Å². The zero-order valence-electron chi connectivity index (χ0n) is 15.9. The highest BCUT2D eigenvalue weighted by molar-refractivity contribution is 7.89. The number of rotatable bonds is 6. The van der Waals surface area contributed by atoms with E-state index in [1.165, 1.54) is 10.4 Å². The lowest BCUT2D eigenvalue weighted by Gasteiger charge is -2.27. The second-order valence-corrected chi connectivity index (χ2v) is 8.49. The maximum absolute atomic E-state index is 12.9. The highest BCUT2D eigenvalue weighted by Gasteiger charge is 2.29. The van der Waals surface area contributed by atoms with E-state index in [4.69, 9.17) is 25.8 Å². The van der Waals surface area contributed by atoms with E-state index in [0.29, 0.717) is 30.2 Å². The molecule has 3 rings (SSSR count). The van der Waals surface area contributed by atoms with Gasteiger partial charge in [0, 0.05) is 25.2 Å². The molecule has 2 aromatic rings. The molecular weight excluding hydrogens is 402 g/mol. The molecule has 0 amide bonds. The van der Waals surface area contributed by atoms with Crippen molar-refractivity contribution in [1.29, 1.82) is 0 Å². The van der Waals surface area contributed by atoms with Crippen LogP contribution >= 0.6 is 11.6 Å². The average molecular weight is 424 g/mol. The molecule has 0 aliphatic carbocycles. The molecule has 0 saturated carbocycles. The smallest absolute Gasteiger partial charge is 0.244 e. The molecule has 28 heavy (non-hydrogen) atoms. The van der Waals surface area contributed by atoms with Crippen LogP contribution in [-0.2, 0) is 10.0 Å². The summed E-state index contributed by atoms with van der Waals surface area (Å²) in [6.45, 7) is 0.568. The topological polar surface area (TPSA) is 65.1 Å². The molecule has 0 aromatic heterocycles. The first kappa shape index (κ1) is 20.5. The van der Waals surface area contributed by atoms with Crippen LogP contribution in [0.15, 0.2) is 47.4 Å². The number of hydrogen-bond donors (Lipinski definition) is 0. The van der Waals surface area contributed by atoms with Gasteiger partial charge in [0.15, 0.2) is 0 Å². The Morgan fingerprint density at radius 2 is 1.64 bits per heavy atom. The first-order valence-corrected chi connectivity index (χ1v) is 10.5. The molecule has 0 unspecified atom stereocenters. The average Bonchev–Trinajstić information content (AvgIpc) is 2.72. The van der Waals surface area contributed by atoms with Gasteiger partial charge < -0.3 is 14.2 Å². The molecule has 0 atom stereocenters. The van der Waals surface area contributed by atoms with Crippen LogP contribution < -0.4 is 14.2 Å². The Bertz CT molecular complexity index is 978. The minimum atomic E-state index is -3.67. The Morgan fingerprint density at radius 1 is 1.00 bits per heavy atom. The molecule has 0 saturated heterocycles. The largest absolute Gasteiger partial charge is 0.496 e. The summed E-state index contributed by atoms with van der Waals surface area (Å²) in [5.41, 5.74) is 1.77. The summed E-state index contributed by atoms with van der Waals surface area (Å²) in [5, 5.41) is 0.218. The highest BCUT2D eigenvalue weighted by Crippen LogP contribution is 2.41. The quantitative estimate of drug-likeness (QED) is 0.706. The summed E-state index contributed by atoms with van der Waals surface area (Å²) < 4.78 is 43.6. The Hall–Kier alpha value is -2.22. The summed E-state index contributed by atoms with van der Waals surface area (Å²) in [4.78, 5) is 0.119. The van der Waals surface area contributed by atoms with Crippen LogP contribution in [0.25, 0.3) is 5.57 Å². The van der Waals surface area contributed by atoms with Crippen LogP contribution in [0.3, 0.4) is 0 Å². The van der Waals surface area contributed by atoms with E-state index >= 15 is 0 Å².